The van der Waals surface area contributed by atoms with Gasteiger partial charge in [-0.05, 0) is 36.8 Å². The number of pyridine rings is 2. The number of aromatic nitrogens is 2. The number of nitrogens with one attached hydrogen (secondary N) is 1. The van der Waals surface area contributed by atoms with E-state index in [1.54, 1.807) is 0 Å². The smallest absolute Gasteiger partial charge is 0.340 e. The Labute approximate surface area is 211 Å². The lowest BCUT2D eigenvalue weighted by Crippen LogP contribution is -2.48. The summed E-state index contributed by atoms with van der Waals surface area (Å²) < 4.78 is 84.5. The summed E-state index contributed by atoms with van der Waals surface area (Å²) >= 11 is 0. The van der Waals surface area contributed by atoms with Crippen molar-refractivity contribution in [1.82, 2.24) is 14.9 Å². The molecule has 5 rings (SSSR count). The highest BCUT2D eigenvalue weighted by molar-refractivity contribution is 5.99. The van der Waals surface area contributed by atoms with Crippen LogP contribution in [0.15, 0.2) is 35.3 Å². The second kappa shape index (κ2) is 9.14. The summed E-state index contributed by atoms with van der Waals surface area (Å²) in [6.45, 7) is 2.13. The number of benzene rings is 1. The van der Waals surface area contributed by atoms with E-state index >= 15 is 0 Å². The molecule has 2 aliphatic rings. The Balaban J connectivity index is 1.70. The number of carbonyl (C=O) groups excluding carboxylic acids is 2. The van der Waals surface area contributed by atoms with E-state index in [0.29, 0.717) is 29.4 Å². The Morgan fingerprint density at radius 1 is 1.11 bits per heavy atom. The number of hydrogen-bond donors (Lipinski definition) is 1. The van der Waals surface area contributed by atoms with Gasteiger partial charge in [-0.3, -0.25) is 23.9 Å². The fourth-order valence-corrected chi connectivity index (χ4v) is 4.66. The quantitative estimate of drug-likeness (QED) is 0.493. The van der Waals surface area contributed by atoms with E-state index in [-0.39, 0.29) is 47.9 Å². The fourth-order valence-electron chi connectivity index (χ4n) is 4.66. The number of carbonyl (C=O) groups is 2. The lowest BCUT2D eigenvalue weighted by molar-refractivity contribution is -0.158. The van der Waals surface area contributed by atoms with Gasteiger partial charge in [0.2, 0.25) is 11.3 Å². The molecule has 38 heavy (non-hydrogen) atoms. The molecule has 1 unspecified atom stereocenters. The van der Waals surface area contributed by atoms with Gasteiger partial charge in [-0.15, -0.1) is 0 Å². The van der Waals surface area contributed by atoms with Crippen molar-refractivity contribution in [2.24, 2.45) is 11.8 Å². The minimum absolute atomic E-state index is 0.00621. The molecule has 1 N–H and O–H groups in total. The third-order valence-corrected chi connectivity index (χ3v) is 6.63. The Kier molecular flexibility index (Phi) is 6.19. The van der Waals surface area contributed by atoms with Crippen LogP contribution in [0, 0.1) is 29.3 Å². The molecular weight excluding hydrogens is 518 g/mol. The van der Waals surface area contributed by atoms with E-state index < -0.39 is 58.2 Å². The predicted octanol–water partition coefficient (Wildman–Crippen LogP) is 4.25. The maximum absolute atomic E-state index is 14.8. The van der Waals surface area contributed by atoms with Crippen LogP contribution >= 0.6 is 0 Å². The van der Waals surface area contributed by atoms with Gasteiger partial charge in [-0.25, -0.2) is 18.2 Å². The average molecular weight is 538 g/mol. The van der Waals surface area contributed by atoms with Crippen LogP contribution in [0.5, 0.6) is 0 Å². The molecule has 0 radical (unpaired) electrons. The molecule has 2 aromatic heterocycles. The second-order valence-electron chi connectivity index (χ2n) is 9.64. The van der Waals surface area contributed by atoms with Crippen LogP contribution in [0.1, 0.15) is 36.5 Å². The van der Waals surface area contributed by atoms with Crippen molar-refractivity contribution in [1.29, 1.82) is 0 Å². The highest BCUT2D eigenvalue weighted by Gasteiger charge is 2.50. The maximum Gasteiger partial charge on any atom is 0.408 e. The van der Waals surface area contributed by atoms with E-state index in [1.165, 1.54) is 17.0 Å². The number of amides is 2. The number of anilines is 1. The van der Waals surface area contributed by atoms with Gasteiger partial charge >= 0.3 is 6.18 Å². The third kappa shape index (κ3) is 4.61. The van der Waals surface area contributed by atoms with Crippen molar-refractivity contribution in [2.75, 3.05) is 11.4 Å². The van der Waals surface area contributed by atoms with Gasteiger partial charge in [0.1, 0.15) is 28.9 Å². The molecule has 1 aliphatic heterocycles. The van der Waals surface area contributed by atoms with E-state index in [9.17, 15) is 40.7 Å². The lowest BCUT2D eigenvalue weighted by Gasteiger charge is -2.22. The summed E-state index contributed by atoms with van der Waals surface area (Å²) in [5.41, 5.74) is -3.15. The van der Waals surface area contributed by atoms with E-state index in [4.69, 9.17) is 0 Å². The SMILES string of the molecule is CC1CC(=O)N(c2ccc3c(=O)c(C(=O)N[C@H](C4CC4)C(F)(F)F)cn(-c4c(F)cc(F)cc4F)c3n2)C1. The molecule has 3 heterocycles. The Morgan fingerprint density at radius 3 is 2.32 bits per heavy atom. The van der Waals surface area contributed by atoms with Gasteiger partial charge in [0, 0.05) is 31.3 Å². The fraction of sp³-hybridized carbons (Fsp3) is 0.360. The highest BCUT2D eigenvalue weighted by Crippen LogP contribution is 2.40. The van der Waals surface area contributed by atoms with Crippen LogP contribution in [0.2, 0.25) is 0 Å². The van der Waals surface area contributed by atoms with E-state index in [1.807, 2.05) is 12.2 Å². The molecule has 0 spiro atoms. The van der Waals surface area contributed by atoms with Gasteiger partial charge in [0.15, 0.2) is 17.3 Å². The van der Waals surface area contributed by atoms with Crippen molar-refractivity contribution in [2.45, 2.75) is 38.4 Å². The van der Waals surface area contributed by atoms with E-state index in [0.717, 1.165) is 0 Å². The average Bonchev–Trinajstić information content (AvgIpc) is 3.59. The van der Waals surface area contributed by atoms with Gasteiger partial charge < -0.3 is 5.32 Å². The number of nitrogens with zero attached hydrogens (tertiary/aromatic N) is 3. The predicted molar refractivity (Wildman–Crippen MR) is 123 cm³/mol. The van der Waals surface area contributed by atoms with Crippen LogP contribution in [-0.4, -0.2) is 40.1 Å². The van der Waals surface area contributed by atoms with Crippen molar-refractivity contribution in [3.8, 4) is 5.69 Å². The first-order valence-corrected chi connectivity index (χ1v) is 11.7. The molecular formula is C25H20F6N4O3. The molecule has 1 aliphatic carbocycles. The summed E-state index contributed by atoms with van der Waals surface area (Å²) in [5, 5.41) is 1.48. The Hall–Kier alpha value is -3.90. The second-order valence-corrected chi connectivity index (χ2v) is 9.64. The number of fused-ring (bicyclic) bond motifs is 1. The number of halogens is 6. The molecule has 13 heteroatoms. The van der Waals surface area contributed by atoms with Gasteiger partial charge in [-0.2, -0.15) is 13.2 Å². The molecule has 2 fully saturated rings. The summed E-state index contributed by atoms with van der Waals surface area (Å²) in [6, 6.07) is 0.993. The molecule has 3 aromatic rings. The Morgan fingerprint density at radius 2 is 1.76 bits per heavy atom. The minimum Gasteiger partial charge on any atom is -0.340 e. The maximum atomic E-state index is 14.8. The molecule has 2 amide bonds. The zero-order valence-electron chi connectivity index (χ0n) is 19.8. The first-order chi connectivity index (χ1) is 17.8. The number of hydrogen-bond acceptors (Lipinski definition) is 4. The monoisotopic (exact) mass is 538 g/mol. The third-order valence-electron chi connectivity index (χ3n) is 6.63. The van der Waals surface area contributed by atoms with Crippen molar-refractivity contribution in [3.63, 3.8) is 0 Å². The van der Waals surface area contributed by atoms with Crippen LogP contribution in [0.4, 0.5) is 32.2 Å². The van der Waals surface area contributed by atoms with Crippen LogP contribution in [0.25, 0.3) is 16.7 Å². The summed E-state index contributed by atoms with van der Waals surface area (Å²) in [5.74, 6) is -6.53. The van der Waals surface area contributed by atoms with Crippen LogP contribution in [-0.2, 0) is 4.79 Å². The van der Waals surface area contributed by atoms with Crippen LogP contribution < -0.4 is 15.6 Å². The highest BCUT2D eigenvalue weighted by atomic mass is 19.4. The number of alkyl halides is 3. The lowest BCUT2D eigenvalue weighted by atomic mass is 10.1. The summed E-state index contributed by atoms with van der Waals surface area (Å²) in [6.07, 6.45) is -3.41. The topological polar surface area (TPSA) is 84.3 Å². The molecule has 1 saturated carbocycles. The molecule has 1 aromatic carbocycles. The molecule has 0 bridgehead atoms. The largest absolute Gasteiger partial charge is 0.408 e. The summed E-state index contributed by atoms with van der Waals surface area (Å²) in [7, 11) is 0. The first-order valence-electron chi connectivity index (χ1n) is 11.7. The zero-order valence-corrected chi connectivity index (χ0v) is 19.8. The van der Waals surface area contributed by atoms with Crippen molar-refractivity contribution >= 4 is 28.7 Å². The molecule has 1 saturated heterocycles. The standard InChI is InChI=1S/C25H20F6N4O3/c1-11-6-19(36)34(9-11)18-5-4-14-21(37)15(24(38)33-22(12-2-3-12)25(29,30)31)10-35(23(14)32-18)20-16(27)7-13(26)8-17(20)28/h4-5,7-8,10-12,22H,2-3,6,9H2,1H3,(H,33,38)/t11?,22-/m1/s1. The van der Waals surface area contributed by atoms with Crippen molar-refractivity contribution in [3.05, 3.63) is 63.7 Å². The van der Waals surface area contributed by atoms with Crippen molar-refractivity contribution < 1.29 is 35.9 Å². The van der Waals surface area contributed by atoms with Gasteiger partial charge in [0.05, 0.1) is 5.39 Å². The normalized spacial score (nSPS) is 18.8. The minimum atomic E-state index is -4.78. The van der Waals surface area contributed by atoms with Gasteiger partial charge in [0.25, 0.3) is 5.91 Å². The molecule has 7 nitrogen and oxygen atoms in total. The first kappa shape index (κ1) is 25.7. The molecule has 200 valence electrons. The molecule has 2 atom stereocenters. The number of rotatable bonds is 5. The Bertz CT molecular complexity index is 1510. The zero-order chi connectivity index (χ0) is 27.5. The van der Waals surface area contributed by atoms with Gasteiger partial charge in [-0.1, -0.05) is 6.92 Å². The summed E-state index contributed by atoms with van der Waals surface area (Å²) in [4.78, 5) is 44.1. The van der Waals surface area contributed by atoms with E-state index in [2.05, 4.69) is 4.98 Å². The van der Waals surface area contributed by atoms with Crippen LogP contribution in [0.3, 0.4) is 0 Å².